The van der Waals surface area contributed by atoms with Gasteiger partial charge in [0.05, 0.1) is 5.69 Å². The van der Waals surface area contributed by atoms with Crippen LogP contribution in [0, 0.1) is 6.92 Å². The molecule has 3 aromatic rings. The second kappa shape index (κ2) is 7.38. The molecule has 1 aliphatic rings. The summed E-state index contributed by atoms with van der Waals surface area (Å²) in [5.74, 6) is -0.557. The van der Waals surface area contributed by atoms with Crippen LogP contribution in [-0.4, -0.2) is 44.4 Å². The zero-order valence-corrected chi connectivity index (χ0v) is 16.0. The molecule has 1 fully saturated rings. The number of aromatic nitrogens is 3. The Morgan fingerprint density at radius 3 is 2.83 bits per heavy atom. The van der Waals surface area contributed by atoms with Gasteiger partial charge in [-0.05, 0) is 19.1 Å². The van der Waals surface area contributed by atoms with Crippen LogP contribution in [-0.2, 0) is 4.79 Å². The molecule has 8 heteroatoms. The Morgan fingerprint density at radius 1 is 1.34 bits per heavy atom. The highest BCUT2D eigenvalue weighted by Crippen LogP contribution is 2.26. The fraction of sp³-hybridized carbons (Fsp3) is 0.238. The first-order valence-corrected chi connectivity index (χ1v) is 9.34. The Morgan fingerprint density at radius 2 is 2.10 bits per heavy atom. The molecule has 148 valence electrons. The van der Waals surface area contributed by atoms with Crippen LogP contribution in [0.15, 0.2) is 54.0 Å². The van der Waals surface area contributed by atoms with Crippen molar-refractivity contribution in [2.24, 2.45) is 0 Å². The normalized spacial score (nSPS) is 16.4. The Kier molecular flexibility index (Phi) is 4.75. The second-order valence-electron chi connectivity index (χ2n) is 7.17. The van der Waals surface area contributed by atoms with Crippen LogP contribution in [0.2, 0.25) is 0 Å². The summed E-state index contributed by atoms with van der Waals surface area (Å²) in [6.07, 6.45) is 3.41. The number of likely N-dealkylation sites (tertiary alicyclic amines) is 1. The van der Waals surface area contributed by atoms with E-state index in [2.05, 4.69) is 22.0 Å². The highest BCUT2D eigenvalue weighted by molar-refractivity contribution is 6.08. The quantitative estimate of drug-likeness (QED) is 0.651. The van der Waals surface area contributed by atoms with Crippen molar-refractivity contribution in [1.82, 2.24) is 19.5 Å². The average molecular weight is 391 g/mol. The van der Waals surface area contributed by atoms with Crippen LogP contribution in [0.5, 0.6) is 0 Å². The third-order valence-corrected chi connectivity index (χ3v) is 5.05. The van der Waals surface area contributed by atoms with E-state index in [4.69, 9.17) is 0 Å². The number of benzene rings is 1. The second-order valence-corrected chi connectivity index (χ2v) is 7.17. The standard InChI is InChI=1S/C21H21N5O3/c1-3-8-25-12-14(9-18(25)27)17-10-19(28)26-20(24-17)16(11-22-26)21(29)23-15-6-4-13(2)5-7-15/h3-7,10-11,14,22H,1,8-9,12H2,2H3,(H,23,29). The lowest BCUT2D eigenvalue weighted by atomic mass is 10.0. The predicted molar refractivity (Wildman–Crippen MR) is 109 cm³/mol. The molecule has 4 rings (SSSR count). The lowest BCUT2D eigenvalue weighted by molar-refractivity contribution is -0.127. The smallest absolute Gasteiger partial charge is 0.272 e. The van der Waals surface area contributed by atoms with Crippen LogP contribution in [0.3, 0.4) is 0 Å². The minimum Gasteiger partial charge on any atom is -0.338 e. The van der Waals surface area contributed by atoms with Gasteiger partial charge in [0.2, 0.25) is 5.91 Å². The maximum Gasteiger partial charge on any atom is 0.272 e. The van der Waals surface area contributed by atoms with Crippen molar-refractivity contribution in [2.45, 2.75) is 19.3 Å². The molecular formula is C21H21N5O3. The molecule has 1 saturated heterocycles. The first-order chi connectivity index (χ1) is 14.0. The number of amides is 2. The zero-order valence-electron chi connectivity index (χ0n) is 16.0. The number of nitrogens with one attached hydrogen (secondary N) is 2. The molecule has 1 unspecified atom stereocenters. The van der Waals surface area contributed by atoms with Gasteiger partial charge >= 0.3 is 0 Å². The van der Waals surface area contributed by atoms with Crippen molar-refractivity contribution in [2.75, 3.05) is 18.4 Å². The van der Waals surface area contributed by atoms with Gasteiger partial charge in [-0.2, -0.15) is 0 Å². The van der Waals surface area contributed by atoms with E-state index in [0.717, 1.165) is 5.56 Å². The largest absolute Gasteiger partial charge is 0.338 e. The summed E-state index contributed by atoms with van der Waals surface area (Å²) in [5.41, 5.74) is 2.43. The summed E-state index contributed by atoms with van der Waals surface area (Å²) in [6.45, 7) is 6.57. The third kappa shape index (κ3) is 3.56. The summed E-state index contributed by atoms with van der Waals surface area (Å²) in [4.78, 5) is 43.6. The molecule has 0 spiro atoms. The number of carbonyl (C=O) groups excluding carboxylic acids is 2. The lowest BCUT2D eigenvalue weighted by Crippen LogP contribution is -2.25. The van der Waals surface area contributed by atoms with E-state index in [1.165, 1.54) is 16.8 Å². The summed E-state index contributed by atoms with van der Waals surface area (Å²) in [6, 6.07) is 8.84. The van der Waals surface area contributed by atoms with E-state index < -0.39 is 0 Å². The highest BCUT2D eigenvalue weighted by Gasteiger charge is 2.31. The number of hydrogen-bond acceptors (Lipinski definition) is 4. The Bertz CT molecular complexity index is 1160. The average Bonchev–Trinajstić information content (AvgIpc) is 3.28. The number of aryl methyl sites for hydroxylation is 1. The van der Waals surface area contributed by atoms with E-state index >= 15 is 0 Å². The van der Waals surface area contributed by atoms with Gasteiger partial charge in [0, 0.05) is 43.4 Å². The monoisotopic (exact) mass is 391 g/mol. The molecule has 1 aromatic carbocycles. The van der Waals surface area contributed by atoms with E-state index in [-0.39, 0.29) is 40.9 Å². The molecule has 8 nitrogen and oxygen atoms in total. The van der Waals surface area contributed by atoms with Gasteiger partial charge in [0.15, 0.2) is 5.65 Å². The zero-order chi connectivity index (χ0) is 20.5. The molecule has 2 N–H and O–H groups in total. The topological polar surface area (TPSA) is 99.6 Å². The minimum atomic E-state index is -0.368. The molecule has 1 aliphatic heterocycles. The molecule has 0 radical (unpaired) electrons. The fourth-order valence-electron chi connectivity index (χ4n) is 3.51. The number of aromatic amines is 1. The van der Waals surface area contributed by atoms with Crippen molar-refractivity contribution in [3.05, 3.63) is 76.4 Å². The number of fused-ring (bicyclic) bond motifs is 1. The fourth-order valence-corrected chi connectivity index (χ4v) is 3.51. The van der Waals surface area contributed by atoms with Crippen LogP contribution < -0.4 is 10.9 Å². The first kappa shape index (κ1) is 18.7. The molecule has 0 aliphatic carbocycles. The Hall–Kier alpha value is -3.68. The molecule has 1 atom stereocenters. The highest BCUT2D eigenvalue weighted by atomic mass is 16.2. The molecular weight excluding hydrogens is 370 g/mol. The Labute approximate surface area is 166 Å². The number of H-pyrrole nitrogens is 1. The van der Waals surface area contributed by atoms with E-state index in [0.29, 0.717) is 24.5 Å². The van der Waals surface area contributed by atoms with E-state index in [9.17, 15) is 14.4 Å². The summed E-state index contributed by atoms with van der Waals surface area (Å²) in [5, 5.41) is 5.59. The van der Waals surface area contributed by atoms with Gasteiger partial charge in [-0.1, -0.05) is 23.8 Å². The van der Waals surface area contributed by atoms with Gasteiger partial charge in [-0.25, -0.2) is 9.50 Å². The number of anilines is 1. The van der Waals surface area contributed by atoms with Gasteiger partial charge in [0.25, 0.3) is 11.5 Å². The molecule has 3 heterocycles. The minimum absolute atomic E-state index is 0.00306. The molecule has 0 saturated carbocycles. The maximum absolute atomic E-state index is 12.7. The van der Waals surface area contributed by atoms with Gasteiger partial charge < -0.3 is 10.2 Å². The Balaban J connectivity index is 1.65. The van der Waals surface area contributed by atoms with E-state index in [1.807, 2.05) is 31.2 Å². The number of carbonyl (C=O) groups is 2. The molecule has 2 amide bonds. The van der Waals surface area contributed by atoms with Crippen molar-refractivity contribution < 1.29 is 9.59 Å². The van der Waals surface area contributed by atoms with Crippen molar-refractivity contribution in [3.8, 4) is 0 Å². The maximum atomic E-state index is 12.7. The van der Waals surface area contributed by atoms with Crippen LogP contribution >= 0.6 is 0 Å². The number of rotatable bonds is 5. The lowest BCUT2D eigenvalue weighted by Gasteiger charge is -2.13. The van der Waals surface area contributed by atoms with Gasteiger partial charge in [-0.15, -0.1) is 6.58 Å². The van der Waals surface area contributed by atoms with Crippen molar-refractivity contribution in [1.29, 1.82) is 0 Å². The van der Waals surface area contributed by atoms with Crippen LogP contribution in [0.25, 0.3) is 5.65 Å². The number of hydrogen-bond donors (Lipinski definition) is 2. The number of nitrogens with zero attached hydrogens (tertiary/aromatic N) is 3. The molecule has 0 bridgehead atoms. The first-order valence-electron chi connectivity index (χ1n) is 9.34. The summed E-state index contributed by atoms with van der Waals surface area (Å²) >= 11 is 0. The van der Waals surface area contributed by atoms with Gasteiger partial charge in [0.1, 0.15) is 5.56 Å². The van der Waals surface area contributed by atoms with E-state index in [1.54, 1.807) is 11.0 Å². The van der Waals surface area contributed by atoms with Crippen LogP contribution in [0.1, 0.15) is 34.0 Å². The summed E-state index contributed by atoms with van der Waals surface area (Å²) < 4.78 is 1.23. The summed E-state index contributed by atoms with van der Waals surface area (Å²) in [7, 11) is 0. The predicted octanol–water partition coefficient (Wildman–Crippen LogP) is 2.09. The SMILES string of the molecule is C=CCN1CC(c2cc(=O)n3[nH]cc(C(=O)Nc4ccc(C)cc4)c3n2)CC1=O. The van der Waals surface area contributed by atoms with Crippen molar-refractivity contribution in [3.63, 3.8) is 0 Å². The third-order valence-electron chi connectivity index (χ3n) is 5.05. The van der Waals surface area contributed by atoms with Crippen LogP contribution in [0.4, 0.5) is 5.69 Å². The van der Waals surface area contributed by atoms with Crippen molar-refractivity contribution >= 4 is 23.1 Å². The van der Waals surface area contributed by atoms with Gasteiger partial charge in [-0.3, -0.25) is 19.5 Å². The molecule has 29 heavy (non-hydrogen) atoms. The molecule has 2 aromatic heterocycles.